The average Bonchev–Trinajstić information content (AvgIpc) is 2.18. The lowest BCUT2D eigenvalue weighted by Gasteiger charge is -2.34. The highest BCUT2D eigenvalue weighted by Gasteiger charge is 2.42. The monoisotopic (exact) mass is 206 g/mol. The molecule has 0 bridgehead atoms. The molecule has 0 atom stereocenters. The average molecular weight is 206 g/mol. The normalized spacial score (nSPS) is 22.9. The Labute approximate surface area is 80.1 Å². The summed E-state index contributed by atoms with van der Waals surface area (Å²) in [5.74, 6) is 0.146. The molecule has 0 heterocycles. The van der Waals surface area contributed by atoms with Crippen molar-refractivity contribution in [3.05, 3.63) is 0 Å². The maximum absolute atomic E-state index is 11.7. The van der Waals surface area contributed by atoms with Gasteiger partial charge in [0.1, 0.15) is 0 Å². The molecule has 0 radical (unpaired) electrons. The van der Waals surface area contributed by atoms with E-state index < -0.39 is 14.6 Å². The molecule has 78 valence electrons. The first-order chi connectivity index (χ1) is 6.08. The van der Waals surface area contributed by atoms with Gasteiger partial charge in [-0.3, -0.25) is 0 Å². The first kappa shape index (κ1) is 11.0. The van der Waals surface area contributed by atoms with Gasteiger partial charge in [0.2, 0.25) is 0 Å². The van der Waals surface area contributed by atoms with Gasteiger partial charge >= 0.3 is 0 Å². The zero-order valence-corrected chi connectivity index (χ0v) is 8.94. The highest BCUT2D eigenvalue weighted by Crippen LogP contribution is 2.35. The second kappa shape index (κ2) is 3.96. The van der Waals surface area contributed by atoms with Gasteiger partial charge in [-0.25, -0.2) is 8.42 Å². The standard InChI is InChI=1S/C9H18O3S/c1-2-13(11,12)9(8-10)6-4-3-5-7-9/h10H,2-8H2,1H3. The van der Waals surface area contributed by atoms with Crippen molar-refractivity contribution in [2.75, 3.05) is 12.4 Å². The zero-order valence-electron chi connectivity index (χ0n) is 8.12. The fourth-order valence-corrected chi connectivity index (χ4v) is 3.79. The van der Waals surface area contributed by atoms with Crippen molar-refractivity contribution < 1.29 is 13.5 Å². The molecule has 13 heavy (non-hydrogen) atoms. The minimum absolute atomic E-state index is 0.146. The van der Waals surface area contributed by atoms with Crippen LogP contribution in [0.2, 0.25) is 0 Å². The quantitative estimate of drug-likeness (QED) is 0.752. The highest BCUT2D eigenvalue weighted by molar-refractivity contribution is 7.92. The fourth-order valence-electron chi connectivity index (χ4n) is 2.07. The molecular formula is C9H18O3S. The summed E-state index contributed by atoms with van der Waals surface area (Å²) in [6, 6.07) is 0. The molecule has 1 fully saturated rings. The second-order valence-corrected chi connectivity index (χ2v) is 6.48. The van der Waals surface area contributed by atoms with Crippen LogP contribution in [0.1, 0.15) is 39.0 Å². The molecule has 0 amide bonds. The summed E-state index contributed by atoms with van der Waals surface area (Å²) in [6.45, 7) is 1.45. The van der Waals surface area contributed by atoms with E-state index in [1.54, 1.807) is 6.92 Å². The summed E-state index contributed by atoms with van der Waals surface area (Å²) in [5.41, 5.74) is 0. The molecular weight excluding hydrogens is 188 g/mol. The van der Waals surface area contributed by atoms with Gasteiger partial charge in [-0.1, -0.05) is 26.2 Å². The van der Waals surface area contributed by atoms with Gasteiger partial charge in [-0.2, -0.15) is 0 Å². The molecule has 1 aliphatic carbocycles. The maximum atomic E-state index is 11.7. The number of hydrogen-bond donors (Lipinski definition) is 1. The van der Waals surface area contributed by atoms with Gasteiger partial charge in [-0.05, 0) is 12.8 Å². The van der Waals surface area contributed by atoms with Crippen LogP contribution in [0.15, 0.2) is 0 Å². The van der Waals surface area contributed by atoms with Crippen LogP contribution in [-0.4, -0.2) is 30.6 Å². The first-order valence-corrected chi connectivity index (χ1v) is 6.56. The summed E-state index contributed by atoms with van der Waals surface area (Å²) in [4.78, 5) is 0. The Morgan fingerprint density at radius 1 is 1.23 bits per heavy atom. The van der Waals surface area contributed by atoms with Gasteiger partial charge in [0.05, 0.1) is 11.4 Å². The lowest BCUT2D eigenvalue weighted by molar-refractivity contribution is 0.206. The molecule has 1 rings (SSSR count). The third-order valence-electron chi connectivity index (χ3n) is 3.09. The molecule has 0 aliphatic heterocycles. The van der Waals surface area contributed by atoms with E-state index >= 15 is 0 Å². The SMILES string of the molecule is CCS(=O)(=O)C1(CO)CCCCC1. The number of aliphatic hydroxyl groups is 1. The van der Waals surface area contributed by atoms with E-state index in [0.717, 1.165) is 19.3 Å². The van der Waals surface area contributed by atoms with Gasteiger partial charge in [0.15, 0.2) is 9.84 Å². The molecule has 0 saturated heterocycles. The van der Waals surface area contributed by atoms with E-state index in [1.807, 2.05) is 0 Å². The van der Waals surface area contributed by atoms with Crippen molar-refractivity contribution in [3.63, 3.8) is 0 Å². The smallest absolute Gasteiger partial charge is 0.157 e. The van der Waals surface area contributed by atoms with Gasteiger partial charge < -0.3 is 5.11 Å². The molecule has 0 spiro atoms. The molecule has 0 aromatic heterocycles. The van der Waals surface area contributed by atoms with Crippen LogP contribution >= 0.6 is 0 Å². The minimum Gasteiger partial charge on any atom is -0.395 e. The summed E-state index contributed by atoms with van der Waals surface area (Å²) in [7, 11) is -3.08. The third-order valence-corrected chi connectivity index (χ3v) is 5.71. The Hall–Kier alpha value is -0.0900. The molecule has 0 unspecified atom stereocenters. The summed E-state index contributed by atoms with van der Waals surface area (Å²) < 4.78 is 22.7. The van der Waals surface area contributed by atoms with Crippen LogP contribution in [-0.2, 0) is 9.84 Å². The van der Waals surface area contributed by atoms with Crippen LogP contribution in [0.3, 0.4) is 0 Å². The van der Waals surface area contributed by atoms with E-state index in [-0.39, 0.29) is 12.4 Å². The molecule has 4 heteroatoms. The van der Waals surface area contributed by atoms with E-state index in [9.17, 15) is 13.5 Å². The Kier molecular flexibility index (Phi) is 3.35. The lowest BCUT2D eigenvalue weighted by Crippen LogP contribution is -2.44. The first-order valence-electron chi connectivity index (χ1n) is 4.91. The molecule has 1 saturated carbocycles. The number of rotatable bonds is 3. The highest BCUT2D eigenvalue weighted by atomic mass is 32.2. The van der Waals surface area contributed by atoms with Crippen molar-refractivity contribution in [2.45, 2.75) is 43.8 Å². The van der Waals surface area contributed by atoms with Crippen molar-refractivity contribution in [1.29, 1.82) is 0 Å². The Morgan fingerprint density at radius 3 is 2.15 bits per heavy atom. The van der Waals surface area contributed by atoms with Crippen LogP contribution in [0.5, 0.6) is 0 Å². The van der Waals surface area contributed by atoms with Crippen LogP contribution < -0.4 is 0 Å². The van der Waals surface area contributed by atoms with Gasteiger partial charge in [-0.15, -0.1) is 0 Å². The zero-order chi connectivity index (χ0) is 9.95. The van der Waals surface area contributed by atoms with Crippen LogP contribution in [0, 0.1) is 0 Å². The topological polar surface area (TPSA) is 54.4 Å². The minimum atomic E-state index is -3.08. The third kappa shape index (κ3) is 1.89. The van der Waals surface area contributed by atoms with Crippen molar-refractivity contribution >= 4 is 9.84 Å². The Morgan fingerprint density at radius 2 is 1.77 bits per heavy atom. The summed E-state index contributed by atoms with van der Waals surface area (Å²) in [5, 5.41) is 9.23. The van der Waals surface area contributed by atoms with Crippen molar-refractivity contribution in [2.24, 2.45) is 0 Å². The second-order valence-electron chi connectivity index (χ2n) is 3.81. The van der Waals surface area contributed by atoms with Crippen molar-refractivity contribution in [3.8, 4) is 0 Å². The number of sulfone groups is 1. The van der Waals surface area contributed by atoms with Crippen molar-refractivity contribution in [1.82, 2.24) is 0 Å². The fraction of sp³-hybridized carbons (Fsp3) is 1.00. The largest absolute Gasteiger partial charge is 0.395 e. The molecule has 0 aromatic carbocycles. The van der Waals surface area contributed by atoms with E-state index in [4.69, 9.17) is 0 Å². The predicted octanol–water partition coefficient (Wildman–Crippen LogP) is 1.12. The van der Waals surface area contributed by atoms with Crippen LogP contribution in [0.4, 0.5) is 0 Å². The Bertz CT molecular complexity index is 250. The molecule has 3 nitrogen and oxygen atoms in total. The van der Waals surface area contributed by atoms with Gasteiger partial charge in [0, 0.05) is 5.75 Å². The molecule has 0 aromatic rings. The lowest BCUT2D eigenvalue weighted by atomic mass is 9.89. The maximum Gasteiger partial charge on any atom is 0.157 e. The molecule has 1 N–H and O–H groups in total. The van der Waals surface area contributed by atoms with Gasteiger partial charge in [0.25, 0.3) is 0 Å². The molecule has 1 aliphatic rings. The van der Waals surface area contributed by atoms with E-state index in [1.165, 1.54) is 0 Å². The number of hydrogen-bond acceptors (Lipinski definition) is 3. The summed E-state index contributed by atoms with van der Waals surface area (Å²) >= 11 is 0. The number of aliphatic hydroxyl groups excluding tert-OH is 1. The van der Waals surface area contributed by atoms with Crippen LogP contribution in [0.25, 0.3) is 0 Å². The van der Waals surface area contributed by atoms with E-state index in [2.05, 4.69) is 0 Å². The Balaban J connectivity index is 2.91. The predicted molar refractivity (Wildman–Crippen MR) is 52.4 cm³/mol. The van der Waals surface area contributed by atoms with E-state index in [0.29, 0.717) is 12.8 Å². The summed E-state index contributed by atoms with van der Waals surface area (Å²) in [6.07, 6.45) is 4.24.